The Morgan fingerprint density at radius 3 is 2.39 bits per heavy atom. The molecule has 0 aromatic carbocycles. The number of anilines is 1. The molecule has 0 saturated carbocycles. The van der Waals surface area contributed by atoms with Gasteiger partial charge in [-0.2, -0.15) is 4.98 Å². The number of amides is 3. The molecule has 2 heterocycles. The summed E-state index contributed by atoms with van der Waals surface area (Å²) < 4.78 is 7.95. The van der Waals surface area contributed by atoms with E-state index < -0.39 is 5.91 Å². The summed E-state index contributed by atoms with van der Waals surface area (Å²) >= 11 is 0. The van der Waals surface area contributed by atoms with Crippen LogP contribution in [0.25, 0.3) is 0 Å². The summed E-state index contributed by atoms with van der Waals surface area (Å²) in [6.45, 7) is 6.06. The van der Waals surface area contributed by atoms with Gasteiger partial charge in [-0.25, -0.2) is 0 Å². The number of rotatable bonds is 9. The molecule has 0 atom stereocenters. The van der Waals surface area contributed by atoms with Crippen molar-refractivity contribution >= 4 is 24.5 Å². The van der Waals surface area contributed by atoms with Crippen molar-refractivity contribution < 1.29 is 19.1 Å². The number of nitrogens with zero attached hydrogens (tertiary/aromatic N) is 5. The summed E-state index contributed by atoms with van der Waals surface area (Å²) in [6, 6.07) is 0.386. The number of imidazole rings is 1. The second kappa shape index (κ2) is 9.57. The molecule has 1 aliphatic rings. The summed E-state index contributed by atoms with van der Waals surface area (Å²) in [4.78, 5) is 44.0. The molecule has 1 aliphatic heterocycles. The lowest BCUT2D eigenvalue weighted by Crippen LogP contribution is -2.37. The van der Waals surface area contributed by atoms with Gasteiger partial charge >= 0.3 is 0 Å². The third-order valence-corrected chi connectivity index (χ3v) is 4.85. The molecule has 28 heavy (non-hydrogen) atoms. The van der Waals surface area contributed by atoms with Gasteiger partial charge in [0, 0.05) is 53.6 Å². The maximum absolute atomic E-state index is 12.9. The first-order valence-corrected chi connectivity index (χ1v) is 9.64. The van der Waals surface area contributed by atoms with Gasteiger partial charge in [0.15, 0.2) is 11.5 Å². The average molecular weight is 393 g/mol. The highest BCUT2D eigenvalue weighted by molar-refractivity contribution is 6.02. The lowest BCUT2D eigenvalue weighted by molar-refractivity contribution is -0.119. The van der Waals surface area contributed by atoms with Gasteiger partial charge in [-0.05, 0) is 12.3 Å². The Hall–Kier alpha value is -2.58. The van der Waals surface area contributed by atoms with E-state index in [1.165, 1.54) is 7.05 Å². The standard InChI is InChI=1S/C19H31N5O4/c1-14(2)6-11-24-16(18(27)22(5)12-25)17(21(3)4)20-19(24)28-15-7-9-23(13-26)10-8-15/h12-15H,6-11H2,1-5H3. The summed E-state index contributed by atoms with van der Waals surface area (Å²) in [5.74, 6) is 0.490. The molecule has 0 radical (unpaired) electrons. The van der Waals surface area contributed by atoms with Gasteiger partial charge in [0.25, 0.3) is 11.9 Å². The van der Waals surface area contributed by atoms with E-state index in [9.17, 15) is 14.4 Å². The molecule has 1 saturated heterocycles. The SMILES string of the molecule is CC(C)CCn1c(OC2CCN(C=O)CC2)nc(N(C)C)c1C(=O)N(C)C=O. The van der Waals surface area contributed by atoms with E-state index >= 15 is 0 Å². The number of likely N-dealkylation sites (tertiary alicyclic amines) is 1. The normalized spacial score (nSPS) is 14.9. The molecular weight excluding hydrogens is 362 g/mol. The van der Waals surface area contributed by atoms with E-state index in [1.54, 1.807) is 28.5 Å². The number of piperidine rings is 1. The highest BCUT2D eigenvalue weighted by Gasteiger charge is 2.29. The third-order valence-electron chi connectivity index (χ3n) is 4.85. The van der Waals surface area contributed by atoms with Crippen molar-refractivity contribution in [3.05, 3.63) is 5.69 Å². The Labute approximate surface area is 166 Å². The van der Waals surface area contributed by atoms with Crippen molar-refractivity contribution in [1.29, 1.82) is 0 Å². The van der Waals surface area contributed by atoms with Crippen molar-refractivity contribution in [2.45, 2.75) is 45.8 Å². The number of imide groups is 1. The molecule has 156 valence electrons. The van der Waals surface area contributed by atoms with Gasteiger partial charge in [-0.1, -0.05) is 13.8 Å². The van der Waals surface area contributed by atoms with Crippen LogP contribution in [-0.2, 0) is 16.1 Å². The topological polar surface area (TPSA) is 88.0 Å². The predicted molar refractivity (Wildman–Crippen MR) is 105 cm³/mol. The number of carbonyl (C=O) groups is 3. The Morgan fingerprint density at radius 1 is 1.25 bits per heavy atom. The molecule has 9 heteroatoms. The minimum absolute atomic E-state index is 0.0711. The highest BCUT2D eigenvalue weighted by Crippen LogP contribution is 2.29. The van der Waals surface area contributed by atoms with Gasteiger partial charge in [-0.3, -0.25) is 23.9 Å². The van der Waals surface area contributed by atoms with Crippen LogP contribution in [0, 0.1) is 5.92 Å². The smallest absolute Gasteiger partial charge is 0.299 e. The maximum atomic E-state index is 12.9. The van der Waals surface area contributed by atoms with E-state index in [1.807, 2.05) is 0 Å². The molecule has 1 aromatic heterocycles. The van der Waals surface area contributed by atoms with Crippen LogP contribution < -0.4 is 9.64 Å². The molecular formula is C19H31N5O4. The quantitative estimate of drug-likeness (QED) is 0.586. The van der Waals surface area contributed by atoms with Gasteiger partial charge < -0.3 is 14.5 Å². The lowest BCUT2D eigenvalue weighted by Gasteiger charge is -2.29. The maximum Gasteiger partial charge on any atom is 0.299 e. The van der Waals surface area contributed by atoms with Gasteiger partial charge in [0.05, 0.1) is 0 Å². The minimum atomic E-state index is -0.416. The zero-order valence-corrected chi connectivity index (χ0v) is 17.4. The highest BCUT2D eigenvalue weighted by atomic mass is 16.5. The van der Waals surface area contributed by atoms with Crippen molar-refractivity contribution in [1.82, 2.24) is 19.4 Å². The number of hydrogen-bond acceptors (Lipinski definition) is 6. The first-order valence-electron chi connectivity index (χ1n) is 9.64. The molecule has 0 aliphatic carbocycles. The fourth-order valence-corrected chi connectivity index (χ4v) is 3.09. The van der Waals surface area contributed by atoms with Gasteiger partial charge in [0.1, 0.15) is 6.10 Å². The van der Waals surface area contributed by atoms with E-state index in [0.717, 1.165) is 17.7 Å². The first-order chi connectivity index (χ1) is 13.3. The zero-order valence-electron chi connectivity index (χ0n) is 17.4. The molecule has 0 bridgehead atoms. The summed E-state index contributed by atoms with van der Waals surface area (Å²) in [6.07, 6.45) is 3.55. The number of aromatic nitrogens is 2. The Bertz CT molecular complexity index is 693. The van der Waals surface area contributed by atoms with Crippen LogP contribution >= 0.6 is 0 Å². The summed E-state index contributed by atoms with van der Waals surface area (Å²) in [7, 11) is 5.04. The molecule has 2 rings (SSSR count). The second-order valence-electron chi connectivity index (χ2n) is 7.78. The van der Waals surface area contributed by atoms with E-state index in [0.29, 0.717) is 62.3 Å². The average Bonchev–Trinajstić information content (AvgIpc) is 3.04. The fourth-order valence-electron chi connectivity index (χ4n) is 3.09. The number of carbonyl (C=O) groups excluding carboxylic acids is 3. The lowest BCUT2D eigenvalue weighted by atomic mass is 10.1. The number of ether oxygens (including phenoxy) is 1. The molecule has 0 spiro atoms. The Morgan fingerprint density at radius 2 is 1.89 bits per heavy atom. The van der Waals surface area contributed by atoms with Crippen LogP contribution in [-0.4, -0.2) is 78.4 Å². The Balaban J connectivity index is 2.38. The van der Waals surface area contributed by atoms with E-state index in [2.05, 4.69) is 18.8 Å². The van der Waals surface area contributed by atoms with Crippen molar-refractivity contribution in [2.24, 2.45) is 5.92 Å². The molecule has 3 amide bonds. The first kappa shape index (κ1) is 21.7. The van der Waals surface area contributed by atoms with Crippen LogP contribution in [0.3, 0.4) is 0 Å². The fraction of sp³-hybridized carbons (Fsp3) is 0.684. The molecule has 1 aromatic rings. The van der Waals surface area contributed by atoms with Crippen LogP contribution in [0.5, 0.6) is 6.01 Å². The van der Waals surface area contributed by atoms with E-state index in [-0.39, 0.29) is 6.10 Å². The third kappa shape index (κ3) is 5.02. The van der Waals surface area contributed by atoms with E-state index in [4.69, 9.17) is 4.74 Å². The van der Waals surface area contributed by atoms with Crippen LogP contribution in [0.4, 0.5) is 5.82 Å². The predicted octanol–water partition coefficient (Wildman–Crippen LogP) is 1.22. The summed E-state index contributed by atoms with van der Waals surface area (Å²) in [5, 5.41) is 0. The molecule has 1 fully saturated rings. The molecule has 0 N–H and O–H groups in total. The summed E-state index contributed by atoms with van der Waals surface area (Å²) in [5.41, 5.74) is 0.348. The monoisotopic (exact) mass is 393 g/mol. The Kier molecular flexibility index (Phi) is 7.42. The molecule has 0 unspecified atom stereocenters. The second-order valence-corrected chi connectivity index (χ2v) is 7.78. The van der Waals surface area contributed by atoms with Crippen LogP contribution in [0.15, 0.2) is 0 Å². The van der Waals surface area contributed by atoms with Crippen molar-refractivity contribution in [3.63, 3.8) is 0 Å². The molecule has 9 nitrogen and oxygen atoms in total. The van der Waals surface area contributed by atoms with Crippen LogP contribution in [0.2, 0.25) is 0 Å². The van der Waals surface area contributed by atoms with Crippen molar-refractivity contribution in [2.75, 3.05) is 39.1 Å². The van der Waals surface area contributed by atoms with Crippen LogP contribution in [0.1, 0.15) is 43.6 Å². The zero-order chi connectivity index (χ0) is 20.8. The van der Waals surface area contributed by atoms with Gasteiger partial charge in [0.2, 0.25) is 12.8 Å². The largest absolute Gasteiger partial charge is 0.461 e. The van der Waals surface area contributed by atoms with Gasteiger partial charge in [-0.15, -0.1) is 0 Å². The minimum Gasteiger partial charge on any atom is -0.461 e. The van der Waals surface area contributed by atoms with Crippen molar-refractivity contribution in [3.8, 4) is 6.01 Å². The number of hydrogen-bond donors (Lipinski definition) is 0.